The number of rotatable bonds is 7. The van der Waals surface area contributed by atoms with Gasteiger partial charge in [-0.3, -0.25) is 9.89 Å². The van der Waals surface area contributed by atoms with Gasteiger partial charge in [0.25, 0.3) is 0 Å². The molecule has 0 aliphatic rings. The minimum atomic E-state index is -1.24. The van der Waals surface area contributed by atoms with Crippen molar-refractivity contribution >= 4 is 18.6 Å². The second-order valence-electron chi connectivity index (χ2n) is 5.92. The Balaban J connectivity index is 2.73. The van der Waals surface area contributed by atoms with Gasteiger partial charge in [-0.05, 0) is 27.7 Å². The molecule has 1 aromatic rings. The first-order valence-electron chi connectivity index (χ1n) is 6.79. The molecule has 1 heterocycles. The number of aromatic amines is 1. The Labute approximate surface area is 124 Å². The first kappa shape index (κ1) is 17.7. The van der Waals surface area contributed by atoms with Crippen LogP contribution in [0.15, 0.2) is 6.20 Å². The summed E-state index contributed by atoms with van der Waals surface area (Å²) in [7, 11) is -1.24. The van der Waals surface area contributed by atoms with Crippen molar-refractivity contribution in [3.8, 4) is 0 Å². The fraction of sp³-hybridized carbons (Fsp3) is 0.692. The lowest BCUT2D eigenvalue weighted by Gasteiger charge is -2.38. The van der Waals surface area contributed by atoms with Crippen molar-refractivity contribution in [1.29, 1.82) is 0 Å². The van der Waals surface area contributed by atoms with E-state index >= 15 is 0 Å². The highest BCUT2D eigenvalue weighted by Crippen LogP contribution is 2.25. The van der Waals surface area contributed by atoms with E-state index in [0.717, 1.165) is 0 Å². The minimum Gasteiger partial charge on any atom is -0.465 e. The van der Waals surface area contributed by atoms with Crippen molar-refractivity contribution in [3.05, 3.63) is 11.9 Å². The highest BCUT2D eigenvalue weighted by Gasteiger charge is 2.40. The van der Waals surface area contributed by atoms with Crippen LogP contribution in [-0.2, 0) is 20.6 Å². The number of aliphatic hydroxyl groups is 1. The largest absolute Gasteiger partial charge is 0.495 e. The highest BCUT2D eigenvalue weighted by molar-refractivity contribution is 6.60. The van der Waals surface area contributed by atoms with Crippen LogP contribution in [0, 0.1) is 0 Å². The molecule has 0 spiro atoms. The predicted molar refractivity (Wildman–Crippen MR) is 78.0 cm³/mol. The summed E-state index contributed by atoms with van der Waals surface area (Å²) in [5, 5.41) is 26.9. The molecule has 7 nitrogen and oxygen atoms in total. The molecule has 1 rings (SSSR count). The number of carbonyl (C=O) groups is 1. The summed E-state index contributed by atoms with van der Waals surface area (Å²) in [6.45, 7) is 8.10. The Kier molecular flexibility index (Phi) is 5.55. The molecule has 0 amide bonds. The van der Waals surface area contributed by atoms with Gasteiger partial charge in [0.15, 0.2) is 0 Å². The first-order valence-corrected chi connectivity index (χ1v) is 6.79. The summed E-state index contributed by atoms with van der Waals surface area (Å²) >= 11 is 0. The third kappa shape index (κ3) is 4.84. The lowest BCUT2D eigenvalue weighted by molar-refractivity contribution is -0.140. The van der Waals surface area contributed by atoms with E-state index < -0.39 is 18.3 Å². The number of nitrogens with one attached hydrogen (secondary N) is 1. The number of nitrogens with zero attached hydrogens (tertiary/aromatic N) is 1. The molecule has 0 aromatic carbocycles. The molecular formula is C13H23BN2O5. The van der Waals surface area contributed by atoms with Crippen molar-refractivity contribution in [1.82, 2.24) is 10.2 Å². The van der Waals surface area contributed by atoms with Crippen LogP contribution >= 0.6 is 0 Å². The zero-order valence-electron chi connectivity index (χ0n) is 13.1. The number of hydrogen-bond donors (Lipinski definition) is 3. The lowest BCUT2D eigenvalue weighted by atomic mass is 9.76. The Hall–Kier alpha value is -1.38. The fourth-order valence-electron chi connectivity index (χ4n) is 1.52. The van der Waals surface area contributed by atoms with E-state index in [1.165, 1.54) is 13.1 Å². The molecule has 8 heteroatoms. The van der Waals surface area contributed by atoms with Crippen molar-refractivity contribution in [3.63, 3.8) is 0 Å². The maximum absolute atomic E-state index is 10.7. The van der Waals surface area contributed by atoms with Gasteiger partial charge in [0.2, 0.25) is 0 Å². The van der Waals surface area contributed by atoms with Gasteiger partial charge in [-0.2, -0.15) is 5.10 Å². The van der Waals surface area contributed by atoms with Crippen LogP contribution in [0.1, 0.15) is 40.3 Å². The van der Waals surface area contributed by atoms with Crippen molar-refractivity contribution in [2.45, 2.75) is 52.2 Å². The molecule has 0 unspecified atom stereocenters. The number of hydrogen-bond acceptors (Lipinski definition) is 6. The zero-order valence-corrected chi connectivity index (χ0v) is 13.1. The summed E-state index contributed by atoms with van der Waals surface area (Å²) in [6, 6.07) is 0. The van der Waals surface area contributed by atoms with Gasteiger partial charge in [-0.1, -0.05) is 0 Å². The molecule has 0 saturated carbocycles. The van der Waals surface area contributed by atoms with E-state index in [-0.39, 0.29) is 12.6 Å². The van der Waals surface area contributed by atoms with E-state index in [1.54, 1.807) is 27.7 Å². The van der Waals surface area contributed by atoms with E-state index in [1.807, 2.05) is 0 Å². The first-order chi connectivity index (χ1) is 9.54. The third-order valence-corrected chi connectivity index (χ3v) is 3.54. The Morgan fingerprint density at radius 1 is 1.43 bits per heavy atom. The molecule has 3 N–H and O–H groups in total. The van der Waals surface area contributed by atoms with Crippen LogP contribution in [0.3, 0.4) is 0 Å². The maximum atomic E-state index is 10.7. The summed E-state index contributed by atoms with van der Waals surface area (Å²) < 4.78 is 10.4. The number of carbonyl (C=O) groups excluding carboxylic acids is 1. The third-order valence-electron chi connectivity index (χ3n) is 3.54. The summed E-state index contributed by atoms with van der Waals surface area (Å²) in [5.41, 5.74) is -1.08. The van der Waals surface area contributed by atoms with Crippen LogP contribution in [0.25, 0.3) is 0 Å². The van der Waals surface area contributed by atoms with Gasteiger partial charge < -0.3 is 19.5 Å². The molecule has 21 heavy (non-hydrogen) atoms. The molecule has 0 aliphatic carbocycles. The van der Waals surface area contributed by atoms with Crippen LogP contribution in [-0.4, -0.2) is 51.2 Å². The standard InChI is InChI=1S/C13H23BN2O5/c1-9(17)20-7-6-11-10(8-15-16-11)14(19)21-13(4,5)12(2,3)18/h8,18-19H,6-7H2,1-5H3,(H,15,16). The quantitative estimate of drug-likeness (QED) is 0.474. The number of ether oxygens (including phenoxy) is 1. The second-order valence-corrected chi connectivity index (χ2v) is 5.92. The Morgan fingerprint density at radius 2 is 2.05 bits per heavy atom. The van der Waals surface area contributed by atoms with E-state index in [9.17, 15) is 14.9 Å². The van der Waals surface area contributed by atoms with Gasteiger partial charge in [-0.25, -0.2) is 0 Å². The SMILES string of the molecule is CC(=O)OCCc1n[nH]cc1B(O)OC(C)(C)C(C)(C)O. The molecule has 0 aliphatic heterocycles. The van der Waals surface area contributed by atoms with Crippen molar-refractivity contribution < 1.29 is 24.3 Å². The average Bonchev–Trinajstić information content (AvgIpc) is 2.74. The highest BCUT2D eigenvalue weighted by atomic mass is 16.5. The number of esters is 1. The van der Waals surface area contributed by atoms with Crippen LogP contribution < -0.4 is 5.46 Å². The summed E-state index contributed by atoms with van der Waals surface area (Å²) in [5.74, 6) is -0.368. The molecule has 0 radical (unpaired) electrons. The molecule has 0 bridgehead atoms. The molecule has 0 atom stereocenters. The summed E-state index contributed by atoms with van der Waals surface area (Å²) in [6.07, 6.45) is 1.88. The van der Waals surface area contributed by atoms with Gasteiger partial charge in [0.05, 0.1) is 23.5 Å². The van der Waals surface area contributed by atoms with Crippen LogP contribution in [0.5, 0.6) is 0 Å². The second kappa shape index (κ2) is 6.59. The lowest BCUT2D eigenvalue weighted by Crippen LogP contribution is -2.53. The van der Waals surface area contributed by atoms with E-state index in [4.69, 9.17) is 9.39 Å². The van der Waals surface area contributed by atoms with E-state index in [2.05, 4.69) is 10.2 Å². The molecule has 0 fully saturated rings. The average molecular weight is 298 g/mol. The van der Waals surface area contributed by atoms with Crippen LogP contribution in [0.4, 0.5) is 0 Å². The van der Waals surface area contributed by atoms with Gasteiger partial charge in [0, 0.05) is 25.0 Å². The molecule has 0 saturated heterocycles. The molecule has 1 aromatic heterocycles. The normalized spacial score (nSPS) is 12.3. The van der Waals surface area contributed by atoms with Gasteiger partial charge in [-0.15, -0.1) is 0 Å². The van der Waals surface area contributed by atoms with Crippen molar-refractivity contribution in [2.24, 2.45) is 0 Å². The number of H-pyrrole nitrogens is 1. The van der Waals surface area contributed by atoms with E-state index in [0.29, 0.717) is 17.6 Å². The smallest absolute Gasteiger partial charge is 0.465 e. The monoisotopic (exact) mass is 298 g/mol. The van der Waals surface area contributed by atoms with Gasteiger partial charge in [0.1, 0.15) is 0 Å². The topological polar surface area (TPSA) is 105 Å². The molecule has 118 valence electrons. The summed E-state index contributed by atoms with van der Waals surface area (Å²) in [4.78, 5) is 10.7. The zero-order chi connectivity index (χ0) is 16.3. The van der Waals surface area contributed by atoms with Gasteiger partial charge >= 0.3 is 13.1 Å². The van der Waals surface area contributed by atoms with Crippen molar-refractivity contribution in [2.75, 3.05) is 6.61 Å². The Morgan fingerprint density at radius 3 is 2.57 bits per heavy atom. The Bertz CT molecular complexity index is 481. The maximum Gasteiger partial charge on any atom is 0.495 e. The van der Waals surface area contributed by atoms with Crippen LogP contribution in [0.2, 0.25) is 0 Å². The number of aromatic nitrogens is 2. The predicted octanol–water partition coefficient (Wildman–Crippen LogP) is -0.231. The molecular weight excluding hydrogens is 275 g/mol. The fourth-order valence-corrected chi connectivity index (χ4v) is 1.52. The minimum absolute atomic E-state index is 0.175.